The maximum Gasteiger partial charge on any atom is 0.227 e. The van der Waals surface area contributed by atoms with Crippen LogP contribution in [0.5, 0.6) is 0 Å². The van der Waals surface area contributed by atoms with Crippen molar-refractivity contribution in [2.45, 2.75) is 51.0 Å². The number of hydrogen-bond acceptors (Lipinski definition) is 1. The number of benzene rings is 1. The first-order valence-electron chi connectivity index (χ1n) is 7.44. The quantitative estimate of drug-likeness (QED) is 0.782. The van der Waals surface area contributed by atoms with Crippen molar-refractivity contribution in [3.05, 3.63) is 42.0 Å². The number of amides is 1. The lowest BCUT2D eigenvalue weighted by Gasteiger charge is -2.38. The molecule has 1 saturated carbocycles. The lowest BCUT2D eigenvalue weighted by molar-refractivity contribution is -0.130. The highest BCUT2D eigenvalue weighted by atomic mass is 16.2. The van der Waals surface area contributed by atoms with Gasteiger partial charge >= 0.3 is 0 Å². The summed E-state index contributed by atoms with van der Waals surface area (Å²) in [5, 5.41) is 0. The van der Waals surface area contributed by atoms with Crippen molar-refractivity contribution in [3.63, 3.8) is 0 Å². The Morgan fingerprint density at radius 2 is 1.74 bits per heavy atom. The number of nitrogens with zero attached hydrogens (tertiary/aromatic N) is 1. The van der Waals surface area contributed by atoms with E-state index in [-0.39, 0.29) is 0 Å². The fraction of sp³-hybridized carbons (Fsp3) is 0.471. The van der Waals surface area contributed by atoms with E-state index in [2.05, 4.69) is 23.1 Å². The molecule has 3 rings (SSSR count). The minimum Gasteiger partial charge on any atom is -0.309 e. The second-order valence-corrected chi connectivity index (χ2v) is 5.55. The van der Waals surface area contributed by atoms with Crippen LogP contribution in [0.4, 0.5) is 0 Å². The average Bonchev–Trinajstić information content (AvgIpc) is 2.49. The van der Waals surface area contributed by atoms with Crippen LogP contribution in [0.15, 0.2) is 36.4 Å². The Bertz CT molecular complexity index is 471. The van der Waals surface area contributed by atoms with Crippen molar-refractivity contribution in [3.8, 4) is 0 Å². The zero-order valence-corrected chi connectivity index (χ0v) is 11.3. The van der Waals surface area contributed by atoms with Gasteiger partial charge in [-0.2, -0.15) is 0 Å². The van der Waals surface area contributed by atoms with E-state index in [1.807, 2.05) is 18.2 Å². The summed E-state index contributed by atoms with van der Waals surface area (Å²) in [4.78, 5) is 14.5. The molecule has 0 atom stereocenters. The first-order chi connectivity index (χ1) is 9.36. The molecule has 2 nitrogen and oxygen atoms in total. The highest BCUT2D eigenvalue weighted by molar-refractivity contribution is 5.89. The normalized spacial score (nSPS) is 21.4. The summed E-state index contributed by atoms with van der Waals surface area (Å²) in [6.45, 7) is 0. The zero-order chi connectivity index (χ0) is 13.1. The van der Waals surface area contributed by atoms with Crippen LogP contribution in [0.3, 0.4) is 0 Å². The van der Waals surface area contributed by atoms with Crippen LogP contribution in [0.25, 0.3) is 5.70 Å². The van der Waals surface area contributed by atoms with Crippen molar-refractivity contribution >= 4 is 11.6 Å². The van der Waals surface area contributed by atoms with Gasteiger partial charge in [-0.05, 0) is 24.8 Å². The van der Waals surface area contributed by atoms with E-state index in [4.69, 9.17) is 0 Å². The van der Waals surface area contributed by atoms with Gasteiger partial charge < -0.3 is 4.90 Å². The SMILES string of the molecule is O=C1CCC=C(c2ccccc2)N1C1CCCCC1. The number of carbonyl (C=O) groups is 1. The first-order valence-corrected chi connectivity index (χ1v) is 7.44. The van der Waals surface area contributed by atoms with Gasteiger partial charge in [0.05, 0.1) is 0 Å². The van der Waals surface area contributed by atoms with Crippen LogP contribution in [-0.2, 0) is 4.79 Å². The lowest BCUT2D eigenvalue weighted by atomic mass is 9.91. The number of rotatable bonds is 2. The molecule has 1 aliphatic carbocycles. The third-order valence-electron chi connectivity index (χ3n) is 4.23. The lowest BCUT2D eigenvalue weighted by Crippen LogP contribution is -2.41. The zero-order valence-electron chi connectivity index (χ0n) is 11.3. The van der Waals surface area contributed by atoms with Crippen LogP contribution in [-0.4, -0.2) is 16.8 Å². The Kier molecular flexibility index (Phi) is 3.67. The van der Waals surface area contributed by atoms with Gasteiger partial charge in [-0.25, -0.2) is 0 Å². The fourth-order valence-electron chi connectivity index (χ4n) is 3.29. The summed E-state index contributed by atoms with van der Waals surface area (Å²) in [5.41, 5.74) is 2.32. The van der Waals surface area contributed by atoms with Crippen molar-refractivity contribution in [1.82, 2.24) is 4.90 Å². The van der Waals surface area contributed by atoms with E-state index in [0.29, 0.717) is 18.4 Å². The number of carbonyl (C=O) groups excluding carboxylic acids is 1. The second-order valence-electron chi connectivity index (χ2n) is 5.55. The molecule has 1 amide bonds. The first kappa shape index (κ1) is 12.5. The van der Waals surface area contributed by atoms with Gasteiger partial charge in [0.2, 0.25) is 5.91 Å². The number of allylic oxidation sites excluding steroid dienone is 1. The van der Waals surface area contributed by atoms with E-state index < -0.39 is 0 Å². The van der Waals surface area contributed by atoms with Crippen molar-refractivity contribution in [2.75, 3.05) is 0 Å². The van der Waals surface area contributed by atoms with Crippen LogP contribution in [0.2, 0.25) is 0 Å². The number of hydrogen-bond donors (Lipinski definition) is 0. The van der Waals surface area contributed by atoms with Crippen LogP contribution in [0.1, 0.15) is 50.5 Å². The van der Waals surface area contributed by atoms with Gasteiger partial charge in [0, 0.05) is 18.2 Å². The molecule has 1 aliphatic heterocycles. The Hall–Kier alpha value is -1.57. The summed E-state index contributed by atoms with van der Waals surface area (Å²) >= 11 is 0. The van der Waals surface area contributed by atoms with Crippen molar-refractivity contribution < 1.29 is 4.79 Å². The van der Waals surface area contributed by atoms with Crippen molar-refractivity contribution in [2.24, 2.45) is 0 Å². The molecule has 0 aromatic heterocycles. The van der Waals surface area contributed by atoms with Gasteiger partial charge in [0.1, 0.15) is 0 Å². The monoisotopic (exact) mass is 255 g/mol. The minimum absolute atomic E-state index is 0.313. The van der Waals surface area contributed by atoms with E-state index in [0.717, 1.165) is 25.0 Å². The molecule has 19 heavy (non-hydrogen) atoms. The van der Waals surface area contributed by atoms with Gasteiger partial charge in [-0.3, -0.25) is 4.79 Å². The third-order valence-corrected chi connectivity index (χ3v) is 4.23. The molecule has 1 aromatic carbocycles. The summed E-state index contributed by atoms with van der Waals surface area (Å²) in [6, 6.07) is 10.8. The average molecular weight is 255 g/mol. The molecule has 100 valence electrons. The minimum atomic E-state index is 0.313. The van der Waals surface area contributed by atoms with Gasteiger partial charge in [-0.15, -0.1) is 0 Å². The topological polar surface area (TPSA) is 20.3 Å². The molecular formula is C17H21NO. The molecule has 1 aromatic rings. The standard InChI is InChI=1S/C17H21NO/c19-17-13-7-12-16(14-8-3-1-4-9-14)18(17)15-10-5-2-6-11-15/h1,3-4,8-9,12,15H,2,5-7,10-11,13H2. The van der Waals surface area contributed by atoms with E-state index >= 15 is 0 Å². The molecule has 0 bridgehead atoms. The summed E-state index contributed by atoms with van der Waals surface area (Å²) in [7, 11) is 0. The molecule has 0 saturated heterocycles. The highest BCUT2D eigenvalue weighted by Crippen LogP contribution is 2.33. The van der Waals surface area contributed by atoms with Crippen molar-refractivity contribution in [1.29, 1.82) is 0 Å². The molecular weight excluding hydrogens is 234 g/mol. The molecule has 0 radical (unpaired) electrons. The Morgan fingerprint density at radius 3 is 2.47 bits per heavy atom. The van der Waals surface area contributed by atoms with Gasteiger partial charge in [0.25, 0.3) is 0 Å². The smallest absolute Gasteiger partial charge is 0.227 e. The molecule has 1 fully saturated rings. The summed E-state index contributed by atoms with van der Waals surface area (Å²) in [6.07, 6.45) is 9.96. The van der Waals surface area contributed by atoms with Crippen LogP contribution in [0, 0.1) is 0 Å². The summed E-state index contributed by atoms with van der Waals surface area (Å²) in [5.74, 6) is 0.313. The molecule has 0 N–H and O–H groups in total. The second kappa shape index (κ2) is 5.60. The molecule has 2 aliphatic rings. The predicted molar refractivity (Wildman–Crippen MR) is 77.4 cm³/mol. The Labute approximate surface area is 115 Å². The Balaban J connectivity index is 1.91. The predicted octanol–water partition coefficient (Wildman–Crippen LogP) is 3.98. The fourth-order valence-corrected chi connectivity index (χ4v) is 3.29. The van der Waals surface area contributed by atoms with Crippen LogP contribution < -0.4 is 0 Å². The summed E-state index contributed by atoms with van der Waals surface area (Å²) < 4.78 is 0. The molecule has 0 spiro atoms. The van der Waals surface area contributed by atoms with Crippen LogP contribution >= 0.6 is 0 Å². The maximum atomic E-state index is 12.4. The Morgan fingerprint density at radius 1 is 1.00 bits per heavy atom. The maximum absolute atomic E-state index is 12.4. The van der Waals surface area contributed by atoms with Gasteiger partial charge in [0.15, 0.2) is 0 Å². The third kappa shape index (κ3) is 2.58. The van der Waals surface area contributed by atoms with E-state index in [1.165, 1.54) is 24.8 Å². The molecule has 1 heterocycles. The molecule has 2 heteroatoms. The van der Waals surface area contributed by atoms with E-state index in [9.17, 15) is 4.79 Å². The molecule has 0 unspecified atom stereocenters. The van der Waals surface area contributed by atoms with E-state index in [1.54, 1.807) is 0 Å². The highest BCUT2D eigenvalue weighted by Gasteiger charge is 2.30. The largest absolute Gasteiger partial charge is 0.309 e. The van der Waals surface area contributed by atoms with Gasteiger partial charge in [-0.1, -0.05) is 55.7 Å².